The van der Waals surface area contributed by atoms with E-state index in [-0.39, 0.29) is 24.8 Å². The van der Waals surface area contributed by atoms with E-state index in [2.05, 4.69) is 5.32 Å². The van der Waals surface area contributed by atoms with E-state index in [0.717, 1.165) is 16.5 Å². The maximum absolute atomic E-state index is 13.4. The fraction of sp³-hybridized carbons (Fsp3) is 0.185. The number of fused-ring (bicyclic) bond motifs is 1. The van der Waals surface area contributed by atoms with Crippen molar-refractivity contribution in [2.45, 2.75) is 19.4 Å². The summed E-state index contributed by atoms with van der Waals surface area (Å²) in [5, 5.41) is 14.0. The summed E-state index contributed by atoms with van der Waals surface area (Å²) in [5.74, 6) is 0.156. The average Bonchev–Trinajstić information content (AvgIpc) is 3.13. The zero-order chi connectivity index (χ0) is 24.2. The predicted octanol–water partition coefficient (Wildman–Crippen LogP) is 4.69. The van der Waals surface area contributed by atoms with Crippen LogP contribution in [0.1, 0.15) is 33.2 Å². The number of hydrogen-bond donors (Lipinski definition) is 2. The van der Waals surface area contributed by atoms with Crippen molar-refractivity contribution in [1.82, 2.24) is 9.88 Å². The second-order valence-electron chi connectivity index (χ2n) is 7.98. The molecule has 1 atom stereocenters. The Hall–Kier alpha value is -3.61. The summed E-state index contributed by atoms with van der Waals surface area (Å²) in [4.78, 5) is 26.4. The van der Waals surface area contributed by atoms with Gasteiger partial charge in [0.05, 0.1) is 31.7 Å². The summed E-state index contributed by atoms with van der Waals surface area (Å²) in [6.07, 6.45) is 0.0414. The molecule has 0 bridgehead atoms. The van der Waals surface area contributed by atoms with Gasteiger partial charge in [-0.25, -0.2) is 0 Å². The summed E-state index contributed by atoms with van der Waals surface area (Å²) >= 11 is 5.99. The van der Waals surface area contributed by atoms with Crippen LogP contribution in [0.5, 0.6) is 5.75 Å². The third-order valence-corrected chi connectivity index (χ3v) is 6.15. The molecule has 3 aromatic carbocycles. The van der Waals surface area contributed by atoms with Crippen LogP contribution in [0.15, 0.2) is 72.8 Å². The number of methoxy groups -OCH3 is 1. The van der Waals surface area contributed by atoms with Crippen LogP contribution in [0.25, 0.3) is 10.9 Å². The zero-order valence-electron chi connectivity index (χ0n) is 18.9. The molecule has 0 saturated carbocycles. The molecular weight excluding hydrogens is 452 g/mol. The summed E-state index contributed by atoms with van der Waals surface area (Å²) in [7, 11) is 1.57. The first kappa shape index (κ1) is 23.5. The number of aliphatic hydroxyl groups is 1. The van der Waals surface area contributed by atoms with Gasteiger partial charge in [0.25, 0.3) is 5.91 Å². The molecule has 0 fully saturated rings. The van der Waals surface area contributed by atoms with Crippen LogP contribution >= 0.6 is 11.6 Å². The molecule has 0 aliphatic rings. The van der Waals surface area contributed by atoms with Gasteiger partial charge in [0.2, 0.25) is 5.91 Å². The quantitative estimate of drug-likeness (QED) is 0.405. The average molecular weight is 477 g/mol. The van der Waals surface area contributed by atoms with E-state index < -0.39 is 6.04 Å². The lowest BCUT2D eigenvalue weighted by Crippen LogP contribution is -2.32. The molecule has 0 unspecified atom stereocenters. The minimum Gasteiger partial charge on any atom is -0.497 e. The second-order valence-corrected chi connectivity index (χ2v) is 8.42. The SMILES string of the molecule is COc1ccc2c(c1)c(CC(=O)N[C@H](CO)c1ccccc1)c(C)n2C(=O)c1ccc(Cl)cc1. The highest BCUT2D eigenvalue weighted by molar-refractivity contribution is 6.30. The molecule has 0 aliphatic carbocycles. The number of aromatic nitrogens is 1. The van der Waals surface area contributed by atoms with E-state index in [1.54, 1.807) is 42.0 Å². The number of ether oxygens (including phenoxy) is 1. The predicted molar refractivity (Wildman–Crippen MR) is 133 cm³/mol. The highest BCUT2D eigenvalue weighted by Gasteiger charge is 2.23. The Morgan fingerprint density at radius 3 is 2.41 bits per heavy atom. The molecule has 0 radical (unpaired) electrons. The van der Waals surface area contributed by atoms with Gasteiger partial charge in [-0.2, -0.15) is 0 Å². The first-order valence-corrected chi connectivity index (χ1v) is 11.2. The second kappa shape index (κ2) is 10.1. The number of benzene rings is 3. The number of aliphatic hydroxyl groups excluding tert-OH is 1. The van der Waals surface area contributed by atoms with Gasteiger partial charge in [0, 0.05) is 21.7 Å². The Bertz CT molecular complexity index is 1330. The summed E-state index contributed by atoms with van der Waals surface area (Å²) < 4.78 is 7.00. The lowest BCUT2D eigenvalue weighted by Gasteiger charge is -2.17. The van der Waals surface area contributed by atoms with Gasteiger partial charge in [-0.15, -0.1) is 0 Å². The van der Waals surface area contributed by atoms with Gasteiger partial charge >= 0.3 is 0 Å². The first-order chi connectivity index (χ1) is 16.4. The van der Waals surface area contributed by atoms with Gasteiger partial charge in [-0.05, 0) is 60.5 Å². The van der Waals surface area contributed by atoms with Gasteiger partial charge in [0.15, 0.2) is 0 Å². The zero-order valence-corrected chi connectivity index (χ0v) is 19.7. The van der Waals surface area contributed by atoms with Crippen LogP contribution in [0.4, 0.5) is 0 Å². The van der Waals surface area contributed by atoms with Crippen molar-refractivity contribution in [2.24, 2.45) is 0 Å². The smallest absolute Gasteiger partial charge is 0.262 e. The molecule has 1 heterocycles. The van der Waals surface area contributed by atoms with Crippen LogP contribution in [-0.4, -0.2) is 35.2 Å². The van der Waals surface area contributed by atoms with Crippen molar-refractivity contribution in [3.05, 3.63) is 100 Å². The van der Waals surface area contributed by atoms with Crippen molar-refractivity contribution < 1.29 is 19.4 Å². The first-order valence-electron chi connectivity index (χ1n) is 10.9. The van der Waals surface area contributed by atoms with E-state index >= 15 is 0 Å². The molecular formula is C27H25ClN2O4. The third-order valence-electron chi connectivity index (χ3n) is 5.89. The highest BCUT2D eigenvalue weighted by atomic mass is 35.5. The van der Waals surface area contributed by atoms with Gasteiger partial charge in [-0.3, -0.25) is 14.2 Å². The van der Waals surface area contributed by atoms with Crippen molar-refractivity contribution in [3.63, 3.8) is 0 Å². The van der Waals surface area contributed by atoms with Gasteiger partial charge in [0.1, 0.15) is 5.75 Å². The number of nitrogens with one attached hydrogen (secondary N) is 1. The van der Waals surface area contributed by atoms with E-state index in [0.29, 0.717) is 27.5 Å². The molecule has 4 aromatic rings. The van der Waals surface area contributed by atoms with E-state index in [9.17, 15) is 14.7 Å². The van der Waals surface area contributed by atoms with Gasteiger partial charge in [-0.1, -0.05) is 41.9 Å². The van der Waals surface area contributed by atoms with Crippen molar-refractivity contribution in [3.8, 4) is 5.75 Å². The van der Waals surface area contributed by atoms with E-state index in [1.807, 2.05) is 49.4 Å². The molecule has 6 nitrogen and oxygen atoms in total. The molecule has 34 heavy (non-hydrogen) atoms. The van der Waals surface area contributed by atoms with E-state index in [1.165, 1.54) is 0 Å². The third kappa shape index (κ3) is 4.69. The molecule has 0 saturated heterocycles. The number of amides is 1. The van der Waals surface area contributed by atoms with E-state index in [4.69, 9.17) is 16.3 Å². The maximum Gasteiger partial charge on any atom is 0.262 e. The Morgan fingerprint density at radius 1 is 1.06 bits per heavy atom. The Balaban J connectivity index is 1.71. The van der Waals surface area contributed by atoms with Crippen molar-refractivity contribution in [1.29, 1.82) is 0 Å². The van der Waals surface area contributed by atoms with Crippen LogP contribution in [0, 0.1) is 6.92 Å². The number of rotatable bonds is 7. The van der Waals surface area contributed by atoms with Crippen molar-refractivity contribution >= 4 is 34.3 Å². The minimum absolute atomic E-state index is 0.0414. The monoisotopic (exact) mass is 476 g/mol. The standard InChI is InChI=1S/C27H25ClN2O4/c1-17-22(15-26(32)29-24(16-31)18-6-4-3-5-7-18)23-14-21(34-2)12-13-25(23)30(17)27(33)19-8-10-20(28)11-9-19/h3-14,24,31H,15-16H2,1-2H3,(H,29,32)/t24-/m1/s1. The minimum atomic E-state index is -0.521. The highest BCUT2D eigenvalue weighted by Crippen LogP contribution is 2.31. The van der Waals surface area contributed by atoms with Crippen LogP contribution in [0.3, 0.4) is 0 Å². The fourth-order valence-electron chi connectivity index (χ4n) is 4.12. The molecule has 2 N–H and O–H groups in total. The Morgan fingerprint density at radius 2 is 1.76 bits per heavy atom. The van der Waals surface area contributed by atoms with Gasteiger partial charge < -0.3 is 15.2 Å². The maximum atomic E-state index is 13.4. The number of nitrogens with zero attached hydrogens (tertiary/aromatic N) is 1. The van der Waals surface area contributed by atoms with Crippen LogP contribution in [0.2, 0.25) is 5.02 Å². The Labute approximate surface area is 202 Å². The molecule has 7 heteroatoms. The lowest BCUT2D eigenvalue weighted by molar-refractivity contribution is -0.121. The van der Waals surface area contributed by atoms with Crippen LogP contribution in [-0.2, 0) is 11.2 Å². The molecule has 1 amide bonds. The molecule has 4 rings (SSSR count). The van der Waals surface area contributed by atoms with Crippen LogP contribution < -0.4 is 10.1 Å². The molecule has 0 aliphatic heterocycles. The Kier molecular flexibility index (Phi) is 7.01. The topological polar surface area (TPSA) is 80.6 Å². The molecule has 1 aromatic heterocycles. The normalized spacial score (nSPS) is 11.9. The number of halogens is 1. The lowest BCUT2D eigenvalue weighted by atomic mass is 10.0. The number of carbonyl (C=O) groups is 2. The fourth-order valence-corrected chi connectivity index (χ4v) is 4.25. The summed E-state index contributed by atoms with van der Waals surface area (Å²) in [5.41, 5.74) is 3.37. The molecule has 0 spiro atoms. The van der Waals surface area contributed by atoms with Crippen molar-refractivity contribution in [2.75, 3.05) is 13.7 Å². The largest absolute Gasteiger partial charge is 0.497 e. The number of carbonyl (C=O) groups excluding carboxylic acids is 2. The molecule has 174 valence electrons. The number of hydrogen-bond acceptors (Lipinski definition) is 4. The summed E-state index contributed by atoms with van der Waals surface area (Å²) in [6, 6.07) is 20.9. The summed E-state index contributed by atoms with van der Waals surface area (Å²) in [6.45, 7) is 1.60.